The fraction of sp³-hybridized carbons (Fsp3) is 0.176. The Labute approximate surface area is 149 Å². The monoisotopic (exact) mass is 366 g/mol. The van der Waals surface area contributed by atoms with Crippen LogP contribution in [0.4, 0.5) is 11.4 Å². The van der Waals surface area contributed by atoms with E-state index in [1.54, 1.807) is 49.4 Å². The van der Waals surface area contributed by atoms with E-state index < -0.39 is 6.10 Å². The lowest BCUT2D eigenvalue weighted by atomic mass is 10.2. The first-order valence-electron chi connectivity index (χ1n) is 7.15. The lowest BCUT2D eigenvalue weighted by Gasteiger charge is -2.15. The highest BCUT2D eigenvalue weighted by Crippen LogP contribution is 2.23. The van der Waals surface area contributed by atoms with Gasteiger partial charge in [0.1, 0.15) is 5.75 Å². The third-order valence-corrected chi connectivity index (χ3v) is 3.42. The molecule has 2 amide bonds. The van der Waals surface area contributed by atoms with Crippen molar-refractivity contribution in [3.63, 3.8) is 0 Å². The molecule has 0 heterocycles. The highest BCUT2D eigenvalue weighted by Gasteiger charge is 2.15. The molecule has 2 aromatic rings. The molecule has 0 spiro atoms. The van der Waals surface area contributed by atoms with Crippen molar-refractivity contribution in [3.05, 3.63) is 52.5 Å². The van der Waals surface area contributed by atoms with Gasteiger partial charge in [0, 0.05) is 28.3 Å². The molecule has 0 saturated carbocycles. The predicted octanol–water partition coefficient (Wildman–Crippen LogP) is 4.36. The van der Waals surface area contributed by atoms with E-state index in [9.17, 15) is 9.59 Å². The van der Waals surface area contributed by atoms with Gasteiger partial charge in [-0.25, -0.2) is 0 Å². The molecule has 0 fully saturated rings. The van der Waals surface area contributed by atoms with E-state index in [4.69, 9.17) is 27.9 Å². The van der Waals surface area contributed by atoms with Crippen LogP contribution in [0.15, 0.2) is 42.5 Å². The molecule has 7 heteroatoms. The number of benzene rings is 2. The summed E-state index contributed by atoms with van der Waals surface area (Å²) >= 11 is 11.8. The molecule has 0 aliphatic heterocycles. The minimum Gasteiger partial charge on any atom is -0.481 e. The van der Waals surface area contributed by atoms with E-state index in [-0.39, 0.29) is 11.8 Å². The van der Waals surface area contributed by atoms with Gasteiger partial charge in [-0.05, 0) is 49.4 Å². The second kappa shape index (κ2) is 8.04. The van der Waals surface area contributed by atoms with E-state index in [1.807, 2.05) is 0 Å². The summed E-state index contributed by atoms with van der Waals surface area (Å²) in [5, 5.41) is 6.20. The summed E-state index contributed by atoms with van der Waals surface area (Å²) in [5.41, 5.74) is 1.15. The molecule has 1 unspecified atom stereocenters. The second-order valence-electron chi connectivity index (χ2n) is 5.11. The molecule has 1 atom stereocenters. The molecule has 0 aliphatic carbocycles. The number of halogens is 2. The first-order valence-corrected chi connectivity index (χ1v) is 7.90. The van der Waals surface area contributed by atoms with Gasteiger partial charge in [-0.15, -0.1) is 0 Å². The Kier molecular flexibility index (Phi) is 6.06. The number of carbonyl (C=O) groups is 2. The molecule has 2 aromatic carbocycles. The number of rotatable bonds is 5. The molecule has 0 bridgehead atoms. The largest absolute Gasteiger partial charge is 0.481 e. The predicted molar refractivity (Wildman–Crippen MR) is 95.9 cm³/mol. The van der Waals surface area contributed by atoms with Crippen molar-refractivity contribution in [2.24, 2.45) is 0 Å². The lowest BCUT2D eigenvalue weighted by Crippen LogP contribution is -2.30. The number of hydrogen-bond donors (Lipinski definition) is 2. The van der Waals surface area contributed by atoms with Crippen molar-refractivity contribution < 1.29 is 14.3 Å². The van der Waals surface area contributed by atoms with Gasteiger partial charge in [-0.3, -0.25) is 9.59 Å². The van der Waals surface area contributed by atoms with Crippen LogP contribution in [0.5, 0.6) is 5.75 Å². The number of anilines is 2. The van der Waals surface area contributed by atoms with E-state index in [0.29, 0.717) is 27.2 Å². The zero-order chi connectivity index (χ0) is 17.7. The maximum Gasteiger partial charge on any atom is 0.265 e. The molecule has 0 radical (unpaired) electrons. The fourth-order valence-electron chi connectivity index (χ4n) is 1.95. The number of carbonyl (C=O) groups excluding carboxylic acids is 2. The van der Waals surface area contributed by atoms with Crippen LogP contribution in [0.1, 0.15) is 13.8 Å². The molecule has 0 saturated heterocycles. The first-order chi connectivity index (χ1) is 11.3. The van der Waals surface area contributed by atoms with Crippen LogP contribution in [-0.4, -0.2) is 17.9 Å². The summed E-state index contributed by atoms with van der Waals surface area (Å²) in [6.07, 6.45) is -0.727. The maximum absolute atomic E-state index is 12.2. The van der Waals surface area contributed by atoms with Crippen molar-refractivity contribution in [2.75, 3.05) is 10.6 Å². The standard InChI is InChI=1S/C17H16Cl2N2O3/c1-10(17(23)21-15-8-12(18)7-13(19)9-15)24-16-5-3-14(4-6-16)20-11(2)22/h3-10H,1-2H3,(H,20,22)(H,21,23). The molecule has 126 valence electrons. The molecule has 2 N–H and O–H groups in total. The van der Waals surface area contributed by atoms with Gasteiger partial charge in [-0.1, -0.05) is 23.2 Å². The van der Waals surface area contributed by atoms with Crippen LogP contribution in [-0.2, 0) is 9.59 Å². The van der Waals surface area contributed by atoms with Gasteiger partial charge in [0.15, 0.2) is 6.10 Å². The average molecular weight is 367 g/mol. The highest BCUT2D eigenvalue weighted by molar-refractivity contribution is 6.35. The Morgan fingerprint density at radius 2 is 1.54 bits per heavy atom. The molecular formula is C17H16Cl2N2O3. The smallest absolute Gasteiger partial charge is 0.265 e. The average Bonchev–Trinajstić information content (AvgIpc) is 2.47. The summed E-state index contributed by atoms with van der Waals surface area (Å²) in [5.74, 6) is 0.0201. The normalized spacial score (nSPS) is 11.5. The summed E-state index contributed by atoms with van der Waals surface area (Å²) < 4.78 is 5.58. The Morgan fingerprint density at radius 3 is 2.08 bits per heavy atom. The van der Waals surface area contributed by atoms with E-state index in [0.717, 1.165) is 0 Å². The molecule has 0 aromatic heterocycles. The summed E-state index contributed by atoms with van der Waals surface area (Å²) in [4.78, 5) is 23.1. The van der Waals surface area contributed by atoms with Gasteiger partial charge in [-0.2, -0.15) is 0 Å². The zero-order valence-electron chi connectivity index (χ0n) is 13.1. The van der Waals surface area contributed by atoms with Gasteiger partial charge in [0.2, 0.25) is 5.91 Å². The zero-order valence-corrected chi connectivity index (χ0v) is 14.6. The molecule has 24 heavy (non-hydrogen) atoms. The number of hydrogen-bond acceptors (Lipinski definition) is 3. The SMILES string of the molecule is CC(=O)Nc1ccc(OC(C)C(=O)Nc2cc(Cl)cc(Cl)c2)cc1. The Morgan fingerprint density at radius 1 is 0.958 bits per heavy atom. The van der Waals surface area contributed by atoms with Crippen molar-refractivity contribution in [2.45, 2.75) is 20.0 Å². The Bertz CT molecular complexity index is 728. The quantitative estimate of drug-likeness (QED) is 0.825. The van der Waals surface area contributed by atoms with E-state index in [1.165, 1.54) is 6.92 Å². The minimum absolute atomic E-state index is 0.156. The van der Waals surface area contributed by atoms with Gasteiger partial charge in [0.25, 0.3) is 5.91 Å². The minimum atomic E-state index is -0.727. The third kappa shape index (κ3) is 5.44. The fourth-order valence-corrected chi connectivity index (χ4v) is 2.47. The highest BCUT2D eigenvalue weighted by atomic mass is 35.5. The summed E-state index contributed by atoms with van der Waals surface area (Å²) in [6, 6.07) is 11.5. The number of ether oxygens (including phenoxy) is 1. The Hall–Kier alpha value is -2.24. The Balaban J connectivity index is 1.97. The van der Waals surface area contributed by atoms with Crippen LogP contribution in [0.2, 0.25) is 10.0 Å². The van der Waals surface area contributed by atoms with E-state index >= 15 is 0 Å². The van der Waals surface area contributed by atoms with Gasteiger partial charge >= 0.3 is 0 Å². The van der Waals surface area contributed by atoms with Crippen molar-refractivity contribution in [1.29, 1.82) is 0 Å². The maximum atomic E-state index is 12.2. The third-order valence-electron chi connectivity index (χ3n) is 2.99. The number of nitrogens with one attached hydrogen (secondary N) is 2. The second-order valence-corrected chi connectivity index (χ2v) is 5.99. The summed E-state index contributed by atoms with van der Waals surface area (Å²) in [6.45, 7) is 3.06. The van der Waals surface area contributed by atoms with Crippen molar-refractivity contribution >= 4 is 46.4 Å². The van der Waals surface area contributed by atoms with Gasteiger partial charge < -0.3 is 15.4 Å². The lowest BCUT2D eigenvalue weighted by molar-refractivity contribution is -0.122. The van der Waals surface area contributed by atoms with E-state index in [2.05, 4.69) is 10.6 Å². The molecule has 2 rings (SSSR count). The summed E-state index contributed by atoms with van der Waals surface area (Å²) in [7, 11) is 0. The van der Waals surface area contributed by atoms with Crippen molar-refractivity contribution in [1.82, 2.24) is 0 Å². The van der Waals surface area contributed by atoms with Crippen LogP contribution in [0.3, 0.4) is 0 Å². The molecule has 5 nitrogen and oxygen atoms in total. The van der Waals surface area contributed by atoms with Crippen LogP contribution >= 0.6 is 23.2 Å². The van der Waals surface area contributed by atoms with Crippen LogP contribution in [0, 0.1) is 0 Å². The number of amides is 2. The van der Waals surface area contributed by atoms with Crippen molar-refractivity contribution in [3.8, 4) is 5.75 Å². The van der Waals surface area contributed by atoms with Crippen LogP contribution in [0.25, 0.3) is 0 Å². The van der Waals surface area contributed by atoms with Gasteiger partial charge in [0.05, 0.1) is 0 Å². The van der Waals surface area contributed by atoms with Crippen LogP contribution < -0.4 is 15.4 Å². The molecule has 0 aliphatic rings. The first kappa shape index (κ1) is 18.1. The molecular weight excluding hydrogens is 351 g/mol. The topological polar surface area (TPSA) is 67.4 Å².